The highest BCUT2D eigenvalue weighted by Crippen LogP contribution is 2.43. The number of aromatic nitrogens is 2. The summed E-state index contributed by atoms with van der Waals surface area (Å²) < 4.78 is 5.48. The Morgan fingerprint density at radius 2 is 2.00 bits per heavy atom. The zero-order chi connectivity index (χ0) is 17.4. The number of ether oxygens (including phenoxy) is 1. The minimum absolute atomic E-state index is 0.208. The third-order valence-corrected chi connectivity index (χ3v) is 7.23. The third kappa shape index (κ3) is 3.16. The monoisotopic (exact) mass is 364 g/mol. The van der Waals surface area contributed by atoms with Crippen LogP contribution in [0, 0.1) is 5.41 Å². The average molecular weight is 365 g/mol. The van der Waals surface area contributed by atoms with Crippen molar-refractivity contribution in [3.8, 4) is 0 Å². The number of nitrogens with zero attached hydrogens (tertiary/aromatic N) is 4. The normalized spacial score (nSPS) is 28.5. The highest BCUT2D eigenvalue weighted by atomic mass is 32.1. The molecule has 3 fully saturated rings. The first-order valence-corrected chi connectivity index (χ1v) is 10.4. The number of carbonyl (C=O) groups is 1. The van der Waals surface area contributed by atoms with E-state index in [1.54, 1.807) is 11.3 Å². The van der Waals surface area contributed by atoms with Crippen LogP contribution in [0.15, 0.2) is 0 Å². The Morgan fingerprint density at radius 3 is 2.72 bits per heavy atom. The second kappa shape index (κ2) is 6.83. The molecule has 7 heteroatoms. The average Bonchev–Trinajstić information content (AvgIpc) is 3.26. The van der Waals surface area contributed by atoms with Crippen LogP contribution in [0.5, 0.6) is 0 Å². The van der Waals surface area contributed by atoms with E-state index in [-0.39, 0.29) is 5.41 Å². The quantitative estimate of drug-likeness (QED) is 0.825. The maximum absolute atomic E-state index is 13.4. The summed E-state index contributed by atoms with van der Waals surface area (Å²) in [5, 5.41) is 10.8. The summed E-state index contributed by atoms with van der Waals surface area (Å²) in [5.41, 5.74) is -0.208. The van der Waals surface area contributed by atoms with Gasteiger partial charge in [0.25, 0.3) is 0 Å². The molecule has 25 heavy (non-hydrogen) atoms. The lowest BCUT2D eigenvalue weighted by molar-refractivity contribution is -0.149. The number of rotatable bonds is 3. The molecule has 0 bridgehead atoms. The summed E-state index contributed by atoms with van der Waals surface area (Å²) in [6, 6.07) is 0.376. The Kier molecular flexibility index (Phi) is 4.71. The minimum Gasteiger partial charge on any atom is -0.381 e. The van der Waals surface area contributed by atoms with Crippen LogP contribution in [0.4, 0.5) is 5.13 Å². The number of amides is 1. The van der Waals surface area contributed by atoms with Crippen LogP contribution in [-0.4, -0.2) is 59.9 Å². The van der Waals surface area contributed by atoms with Crippen LogP contribution in [0.25, 0.3) is 0 Å². The van der Waals surface area contributed by atoms with E-state index in [0.29, 0.717) is 17.9 Å². The molecule has 1 aromatic rings. The van der Waals surface area contributed by atoms with Crippen molar-refractivity contribution in [2.24, 2.45) is 5.41 Å². The van der Waals surface area contributed by atoms with Crippen LogP contribution in [0.1, 0.15) is 56.9 Å². The summed E-state index contributed by atoms with van der Waals surface area (Å²) in [6.07, 6.45) is 5.05. The highest BCUT2D eigenvalue weighted by Gasteiger charge is 2.50. The lowest BCUT2D eigenvalue weighted by atomic mass is 9.77. The Morgan fingerprint density at radius 1 is 1.20 bits per heavy atom. The first kappa shape index (κ1) is 17.2. The highest BCUT2D eigenvalue weighted by molar-refractivity contribution is 7.15. The summed E-state index contributed by atoms with van der Waals surface area (Å²) in [6.45, 7) is 8.50. The van der Waals surface area contributed by atoms with Gasteiger partial charge in [-0.05, 0) is 32.1 Å². The Labute approximate surface area is 153 Å². The number of carbonyl (C=O) groups excluding carboxylic acids is 1. The van der Waals surface area contributed by atoms with Gasteiger partial charge in [-0.3, -0.25) is 4.79 Å². The Hall–Kier alpha value is -1.21. The predicted octanol–water partition coefficient (Wildman–Crippen LogP) is 2.66. The van der Waals surface area contributed by atoms with Gasteiger partial charge >= 0.3 is 0 Å². The molecule has 1 atom stereocenters. The fourth-order valence-corrected chi connectivity index (χ4v) is 5.32. The van der Waals surface area contributed by atoms with Crippen LogP contribution in [0.2, 0.25) is 0 Å². The number of hydrogen-bond acceptors (Lipinski definition) is 6. The van der Waals surface area contributed by atoms with Crippen molar-refractivity contribution >= 4 is 22.4 Å². The maximum atomic E-state index is 13.4. The minimum atomic E-state index is -0.208. The fraction of sp³-hybridized carbons (Fsp3) is 0.833. The Balaban J connectivity index is 1.48. The lowest BCUT2D eigenvalue weighted by Gasteiger charge is -2.44. The molecule has 0 saturated carbocycles. The van der Waals surface area contributed by atoms with Crippen LogP contribution >= 0.6 is 11.3 Å². The van der Waals surface area contributed by atoms with E-state index in [1.807, 2.05) is 0 Å². The van der Waals surface area contributed by atoms with Gasteiger partial charge < -0.3 is 14.5 Å². The van der Waals surface area contributed by atoms with E-state index < -0.39 is 0 Å². The van der Waals surface area contributed by atoms with E-state index in [0.717, 1.165) is 75.1 Å². The van der Waals surface area contributed by atoms with Crippen molar-refractivity contribution < 1.29 is 9.53 Å². The van der Waals surface area contributed by atoms with Crippen molar-refractivity contribution in [3.63, 3.8) is 0 Å². The molecular weight excluding hydrogens is 336 g/mol. The molecular formula is C18H28N4O2S. The summed E-state index contributed by atoms with van der Waals surface area (Å²) >= 11 is 1.68. The van der Waals surface area contributed by atoms with Gasteiger partial charge in [0.15, 0.2) is 0 Å². The molecule has 3 saturated heterocycles. The van der Waals surface area contributed by atoms with Gasteiger partial charge in [0.05, 0.1) is 5.41 Å². The molecule has 3 aliphatic heterocycles. The molecule has 0 N–H and O–H groups in total. The first-order valence-electron chi connectivity index (χ1n) is 9.56. The molecule has 1 aromatic heterocycles. The number of likely N-dealkylation sites (tertiary alicyclic amines) is 1. The zero-order valence-corrected chi connectivity index (χ0v) is 16.1. The lowest BCUT2D eigenvalue weighted by Crippen LogP contribution is -2.54. The van der Waals surface area contributed by atoms with Gasteiger partial charge in [-0.1, -0.05) is 25.2 Å². The molecule has 138 valence electrons. The topological polar surface area (TPSA) is 58.6 Å². The van der Waals surface area contributed by atoms with Gasteiger partial charge in [0.1, 0.15) is 5.01 Å². The molecule has 0 radical (unpaired) electrons. The van der Waals surface area contributed by atoms with Gasteiger partial charge in [0.2, 0.25) is 11.0 Å². The van der Waals surface area contributed by atoms with E-state index in [4.69, 9.17) is 4.74 Å². The van der Waals surface area contributed by atoms with E-state index in [1.165, 1.54) is 0 Å². The molecule has 4 heterocycles. The van der Waals surface area contributed by atoms with Crippen molar-refractivity contribution in [1.82, 2.24) is 15.1 Å². The van der Waals surface area contributed by atoms with Gasteiger partial charge in [-0.2, -0.15) is 0 Å². The van der Waals surface area contributed by atoms with Crippen molar-refractivity contribution in [2.75, 3.05) is 37.7 Å². The Bertz CT molecular complexity index is 628. The molecule has 0 unspecified atom stereocenters. The summed E-state index contributed by atoms with van der Waals surface area (Å²) in [7, 11) is 0. The standard InChI is InChI=1S/C18H28N4O2S/c1-13(2)15-19-20-17(25-15)21-9-7-18(12-21)6-3-8-22(16(18)23)14-4-10-24-11-5-14/h13-14H,3-12H2,1-2H3/t18-/m1/s1. The molecule has 4 rings (SSSR count). The predicted molar refractivity (Wildman–Crippen MR) is 98.0 cm³/mol. The van der Waals surface area contributed by atoms with E-state index in [2.05, 4.69) is 33.8 Å². The van der Waals surface area contributed by atoms with Crippen LogP contribution in [0.3, 0.4) is 0 Å². The largest absolute Gasteiger partial charge is 0.381 e. The number of anilines is 1. The third-order valence-electron chi connectivity index (χ3n) is 5.95. The van der Waals surface area contributed by atoms with Gasteiger partial charge in [-0.15, -0.1) is 10.2 Å². The molecule has 0 aliphatic carbocycles. The fourth-order valence-electron chi connectivity index (χ4n) is 4.45. The van der Waals surface area contributed by atoms with E-state index >= 15 is 0 Å². The van der Waals surface area contributed by atoms with E-state index in [9.17, 15) is 4.79 Å². The first-order chi connectivity index (χ1) is 12.1. The maximum Gasteiger partial charge on any atom is 0.230 e. The van der Waals surface area contributed by atoms with Crippen LogP contribution in [-0.2, 0) is 9.53 Å². The SMILES string of the molecule is CC(C)c1nnc(N2CC[C@]3(CCCN(C4CCOCC4)C3=O)C2)s1. The molecule has 0 aromatic carbocycles. The van der Waals surface area contributed by atoms with Crippen molar-refractivity contribution in [3.05, 3.63) is 5.01 Å². The smallest absolute Gasteiger partial charge is 0.230 e. The second-order valence-corrected chi connectivity index (χ2v) is 8.96. The second-order valence-electron chi connectivity index (χ2n) is 7.98. The van der Waals surface area contributed by atoms with Crippen molar-refractivity contribution in [2.45, 2.75) is 57.9 Å². The number of piperidine rings is 1. The van der Waals surface area contributed by atoms with Crippen LogP contribution < -0.4 is 4.90 Å². The number of hydrogen-bond donors (Lipinski definition) is 0. The molecule has 1 spiro atoms. The molecule has 1 amide bonds. The van der Waals surface area contributed by atoms with Gasteiger partial charge in [0, 0.05) is 44.8 Å². The summed E-state index contributed by atoms with van der Waals surface area (Å²) in [4.78, 5) is 17.8. The zero-order valence-electron chi connectivity index (χ0n) is 15.2. The van der Waals surface area contributed by atoms with Crippen molar-refractivity contribution in [1.29, 1.82) is 0 Å². The molecule has 6 nitrogen and oxygen atoms in total. The summed E-state index contributed by atoms with van der Waals surface area (Å²) in [5.74, 6) is 0.782. The van der Waals surface area contributed by atoms with Gasteiger partial charge in [-0.25, -0.2) is 0 Å². The molecule has 3 aliphatic rings.